The predicted octanol–water partition coefficient (Wildman–Crippen LogP) is 7.94. The molecule has 262 valence electrons. The number of aliphatic hydroxyl groups excluding tert-OH is 2. The molecular weight excluding hydrogens is 587 g/mol. The summed E-state index contributed by atoms with van der Waals surface area (Å²) in [5, 5.41) is 18.2. The van der Waals surface area contributed by atoms with E-state index in [-0.39, 0.29) is 19.4 Å². The minimum Gasteiger partial charge on any atom is -0.462 e. The van der Waals surface area contributed by atoms with Crippen molar-refractivity contribution in [3.63, 3.8) is 0 Å². The summed E-state index contributed by atoms with van der Waals surface area (Å²) in [4.78, 5) is 34.6. The molecule has 3 N–H and O–H groups in total. The Morgan fingerprint density at radius 2 is 0.977 bits per heavy atom. The lowest BCUT2D eigenvalue weighted by Crippen LogP contribution is -2.29. The number of phosphoric acid groups is 1. The SMILES string of the molecule is CCCCCCCCCCCCCC(=O)OC[C@@H](COP(=O)(O)OC[C@H](O)CO)OC(=O)CCCCCCCCCCCC. The fraction of sp³-hybridized carbons (Fsp3) is 0.939. The topological polar surface area (TPSA) is 149 Å². The van der Waals surface area contributed by atoms with Crippen LogP contribution in [0.5, 0.6) is 0 Å². The maximum atomic E-state index is 12.5. The van der Waals surface area contributed by atoms with E-state index >= 15 is 0 Å². The predicted molar refractivity (Wildman–Crippen MR) is 173 cm³/mol. The Balaban J connectivity index is 4.40. The van der Waals surface area contributed by atoms with E-state index in [9.17, 15) is 24.2 Å². The summed E-state index contributed by atoms with van der Waals surface area (Å²) >= 11 is 0. The molecule has 0 aromatic heterocycles. The van der Waals surface area contributed by atoms with Crippen molar-refractivity contribution in [3.8, 4) is 0 Å². The number of hydrogen-bond acceptors (Lipinski definition) is 9. The van der Waals surface area contributed by atoms with E-state index in [1.165, 1.54) is 83.5 Å². The number of esters is 2. The fourth-order valence-corrected chi connectivity index (χ4v) is 5.55. The third kappa shape index (κ3) is 29.7. The van der Waals surface area contributed by atoms with Crippen molar-refractivity contribution in [1.82, 2.24) is 0 Å². The van der Waals surface area contributed by atoms with Gasteiger partial charge in [-0.3, -0.25) is 18.6 Å². The minimum absolute atomic E-state index is 0.190. The van der Waals surface area contributed by atoms with Gasteiger partial charge in [-0.25, -0.2) is 4.57 Å². The largest absolute Gasteiger partial charge is 0.472 e. The summed E-state index contributed by atoms with van der Waals surface area (Å²) in [5.74, 6) is -0.921. The zero-order valence-electron chi connectivity index (χ0n) is 27.9. The molecule has 0 amide bonds. The Kier molecular flexibility index (Phi) is 29.9. The van der Waals surface area contributed by atoms with E-state index in [1.54, 1.807) is 0 Å². The van der Waals surface area contributed by atoms with Gasteiger partial charge in [0, 0.05) is 12.8 Å². The Hall–Kier alpha value is -1.03. The van der Waals surface area contributed by atoms with Gasteiger partial charge in [-0.15, -0.1) is 0 Å². The first-order chi connectivity index (χ1) is 21.2. The average Bonchev–Trinajstić information content (AvgIpc) is 3.00. The van der Waals surface area contributed by atoms with E-state index in [0.717, 1.165) is 38.5 Å². The maximum absolute atomic E-state index is 12.5. The van der Waals surface area contributed by atoms with E-state index in [1.807, 2.05) is 0 Å². The molecule has 0 saturated heterocycles. The molecule has 0 saturated carbocycles. The van der Waals surface area contributed by atoms with Crippen molar-refractivity contribution in [2.45, 2.75) is 174 Å². The smallest absolute Gasteiger partial charge is 0.462 e. The van der Waals surface area contributed by atoms with Crippen molar-refractivity contribution >= 4 is 19.8 Å². The number of carbonyl (C=O) groups is 2. The van der Waals surface area contributed by atoms with Crippen LogP contribution in [0.3, 0.4) is 0 Å². The summed E-state index contributed by atoms with van der Waals surface area (Å²) in [7, 11) is -4.59. The quantitative estimate of drug-likeness (QED) is 0.0362. The van der Waals surface area contributed by atoms with Crippen LogP contribution in [0.1, 0.15) is 162 Å². The van der Waals surface area contributed by atoms with Crippen LogP contribution < -0.4 is 0 Å². The highest BCUT2D eigenvalue weighted by atomic mass is 31.2. The van der Waals surface area contributed by atoms with Crippen molar-refractivity contribution in [1.29, 1.82) is 0 Å². The summed E-state index contributed by atoms with van der Waals surface area (Å²) in [6.07, 6.45) is 22.2. The minimum atomic E-state index is -4.59. The van der Waals surface area contributed by atoms with Crippen LogP contribution in [0, 0.1) is 0 Å². The number of carbonyl (C=O) groups excluding carboxylic acids is 2. The van der Waals surface area contributed by atoms with E-state index in [2.05, 4.69) is 18.4 Å². The Labute approximate surface area is 267 Å². The monoisotopic (exact) mass is 652 g/mol. The average molecular weight is 653 g/mol. The molecule has 0 spiro atoms. The van der Waals surface area contributed by atoms with Crippen LogP contribution in [0.4, 0.5) is 0 Å². The van der Waals surface area contributed by atoms with Crippen molar-refractivity contribution in [2.24, 2.45) is 0 Å². The van der Waals surface area contributed by atoms with E-state index in [4.69, 9.17) is 19.1 Å². The molecule has 0 aromatic carbocycles. The van der Waals surface area contributed by atoms with Gasteiger partial charge in [0.05, 0.1) is 19.8 Å². The molecule has 0 heterocycles. The van der Waals surface area contributed by atoms with Gasteiger partial charge in [-0.05, 0) is 12.8 Å². The molecular formula is C33H65O10P. The molecule has 0 aliphatic rings. The van der Waals surface area contributed by atoms with Crippen LogP contribution >= 0.6 is 7.82 Å². The van der Waals surface area contributed by atoms with Gasteiger partial charge in [0.15, 0.2) is 6.10 Å². The van der Waals surface area contributed by atoms with Crippen LogP contribution in [-0.4, -0.2) is 65.7 Å². The van der Waals surface area contributed by atoms with Gasteiger partial charge >= 0.3 is 19.8 Å². The summed E-state index contributed by atoms with van der Waals surface area (Å²) < 4.78 is 32.4. The molecule has 0 fully saturated rings. The molecule has 44 heavy (non-hydrogen) atoms. The summed E-state index contributed by atoms with van der Waals surface area (Å²) in [6, 6.07) is 0. The van der Waals surface area contributed by atoms with Gasteiger partial charge in [0.2, 0.25) is 0 Å². The van der Waals surface area contributed by atoms with Crippen LogP contribution in [0.15, 0.2) is 0 Å². The third-order valence-corrected chi connectivity index (χ3v) is 8.46. The van der Waals surface area contributed by atoms with Gasteiger partial charge < -0.3 is 24.6 Å². The lowest BCUT2D eigenvalue weighted by atomic mass is 10.1. The zero-order valence-corrected chi connectivity index (χ0v) is 28.8. The fourth-order valence-electron chi connectivity index (χ4n) is 4.76. The molecule has 11 heteroatoms. The highest BCUT2D eigenvalue weighted by Gasteiger charge is 2.27. The number of unbranched alkanes of at least 4 members (excludes halogenated alkanes) is 19. The normalized spacial score (nSPS) is 14.2. The molecule has 0 aliphatic heterocycles. The number of ether oxygens (including phenoxy) is 2. The number of phosphoric ester groups is 1. The number of hydrogen-bond donors (Lipinski definition) is 3. The van der Waals surface area contributed by atoms with Crippen LogP contribution in [0.25, 0.3) is 0 Å². The van der Waals surface area contributed by atoms with Gasteiger partial charge in [0.25, 0.3) is 0 Å². The van der Waals surface area contributed by atoms with Crippen molar-refractivity contribution in [2.75, 3.05) is 26.4 Å². The molecule has 0 bridgehead atoms. The molecule has 1 unspecified atom stereocenters. The molecule has 0 aromatic rings. The van der Waals surface area contributed by atoms with Gasteiger partial charge in [-0.2, -0.15) is 0 Å². The summed E-state index contributed by atoms with van der Waals surface area (Å²) in [5.41, 5.74) is 0. The third-order valence-electron chi connectivity index (χ3n) is 7.51. The highest BCUT2D eigenvalue weighted by molar-refractivity contribution is 7.47. The Bertz CT molecular complexity index is 721. The Morgan fingerprint density at radius 1 is 0.591 bits per heavy atom. The summed E-state index contributed by atoms with van der Waals surface area (Å²) in [6.45, 7) is 2.34. The first kappa shape index (κ1) is 43.0. The molecule has 0 rings (SSSR count). The second-order valence-corrected chi connectivity index (χ2v) is 13.4. The zero-order chi connectivity index (χ0) is 32.7. The second-order valence-electron chi connectivity index (χ2n) is 11.9. The number of rotatable bonds is 33. The van der Waals surface area contributed by atoms with Crippen LogP contribution in [-0.2, 0) is 32.7 Å². The molecule has 3 atom stereocenters. The van der Waals surface area contributed by atoms with Gasteiger partial charge in [-0.1, -0.05) is 136 Å². The van der Waals surface area contributed by atoms with Crippen molar-refractivity contribution < 1.29 is 47.8 Å². The lowest BCUT2D eigenvalue weighted by molar-refractivity contribution is -0.161. The number of aliphatic hydroxyl groups is 2. The molecule has 10 nitrogen and oxygen atoms in total. The van der Waals surface area contributed by atoms with Crippen LogP contribution in [0.2, 0.25) is 0 Å². The molecule has 0 radical (unpaired) electrons. The maximum Gasteiger partial charge on any atom is 0.472 e. The van der Waals surface area contributed by atoms with E-state index in [0.29, 0.717) is 12.8 Å². The highest BCUT2D eigenvalue weighted by Crippen LogP contribution is 2.43. The first-order valence-corrected chi connectivity index (χ1v) is 19.0. The second kappa shape index (κ2) is 30.6. The molecule has 0 aliphatic carbocycles. The first-order valence-electron chi connectivity index (χ1n) is 17.5. The standard InChI is InChI=1S/C33H65O10P/c1-3-5-7-9-11-13-15-17-18-20-22-24-32(36)40-28-31(29-42-44(38,39)41-27-30(35)26-34)43-33(37)25-23-21-19-16-14-12-10-8-6-4-2/h30-31,34-35H,3-29H2,1-2H3,(H,38,39)/t30-,31+/m1/s1. The van der Waals surface area contributed by atoms with E-state index < -0.39 is 51.8 Å². The van der Waals surface area contributed by atoms with Crippen molar-refractivity contribution in [3.05, 3.63) is 0 Å². The lowest BCUT2D eigenvalue weighted by Gasteiger charge is -2.20. The van der Waals surface area contributed by atoms with Gasteiger partial charge in [0.1, 0.15) is 12.7 Å². The Morgan fingerprint density at radius 3 is 1.41 bits per heavy atom.